The van der Waals surface area contributed by atoms with Gasteiger partial charge in [0, 0.05) is 6.08 Å². The van der Waals surface area contributed by atoms with Crippen LogP contribution in [0.2, 0.25) is 0 Å². The maximum Gasteiger partial charge on any atom is 0.343 e. The third-order valence-corrected chi connectivity index (χ3v) is 5.07. The van der Waals surface area contributed by atoms with Crippen LogP contribution in [-0.4, -0.2) is 50.6 Å². The van der Waals surface area contributed by atoms with Crippen molar-refractivity contribution < 1.29 is 33.3 Å². The summed E-state index contributed by atoms with van der Waals surface area (Å²) in [6, 6.07) is 11.4. The molecular formula is C22H19N3O7S. The number of nitrogens with one attached hydrogen (secondary N) is 1. The molecule has 11 heteroatoms. The molecule has 0 atom stereocenters. The van der Waals surface area contributed by atoms with Crippen LogP contribution in [0.5, 0.6) is 17.2 Å². The molecule has 33 heavy (non-hydrogen) atoms. The summed E-state index contributed by atoms with van der Waals surface area (Å²) in [5.74, 6) is -0.476. The number of thioether (sulfide) groups is 1. The van der Waals surface area contributed by atoms with Crippen molar-refractivity contribution in [2.45, 2.75) is 0 Å². The molecular weight excluding hydrogens is 450 g/mol. The topological polar surface area (TPSA) is 125 Å². The zero-order valence-corrected chi connectivity index (χ0v) is 18.7. The highest BCUT2D eigenvalue weighted by atomic mass is 32.2. The second-order valence-corrected chi connectivity index (χ2v) is 7.30. The Morgan fingerprint density at radius 2 is 1.76 bits per heavy atom. The number of amidine groups is 1. The Kier molecular flexibility index (Phi) is 7.82. The number of nitrogens with zero attached hydrogens (tertiary/aromatic N) is 2. The van der Waals surface area contributed by atoms with Crippen molar-refractivity contribution in [3.63, 3.8) is 0 Å². The molecule has 1 aliphatic rings. The van der Waals surface area contributed by atoms with Crippen LogP contribution in [0.3, 0.4) is 0 Å². The van der Waals surface area contributed by atoms with Gasteiger partial charge in [-0.05, 0) is 59.8 Å². The predicted molar refractivity (Wildman–Crippen MR) is 122 cm³/mol. The van der Waals surface area contributed by atoms with E-state index in [-0.39, 0.29) is 15.8 Å². The molecule has 170 valence electrons. The molecule has 0 saturated carbocycles. The summed E-state index contributed by atoms with van der Waals surface area (Å²) in [7, 11) is 4.20. The molecule has 2 aromatic rings. The number of esters is 2. The highest BCUT2D eigenvalue weighted by molar-refractivity contribution is 8.18. The molecule has 0 bridgehead atoms. The number of rotatable bonds is 7. The van der Waals surface area contributed by atoms with E-state index >= 15 is 0 Å². The van der Waals surface area contributed by atoms with Crippen LogP contribution in [0.25, 0.3) is 0 Å². The van der Waals surface area contributed by atoms with Gasteiger partial charge in [0.25, 0.3) is 5.91 Å². The molecule has 1 fully saturated rings. The molecule has 1 N–H and O–H groups in total. The van der Waals surface area contributed by atoms with E-state index in [2.05, 4.69) is 20.3 Å². The molecule has 1 aliphatic heterocycles. The highest BCUT2D eigenvalue weighted by Gasteiger charge is 2.25. The molecule has 0 aliphatic carbocycles. The lowest BCUT2D eigenvalue weighted by molar-refractivity contribution is -0.135. The predicted octanol–water partition coefficient (Wildman–Crippen LogP) is 2.53. The second kappa shape index (κ2) is 11.0. The molecule has 3 rings (SSSR count). The minimum Gasteiger partial charge on any atom is -0.497 e. The molecule has 0 unspecified atom stereocenters. The fourth-order valence-electron chi connectivity index (χ4n) is 2.52. The third kappa shape index (κ3) is 6.20. The third-order valence-electron chi connectivity index (χ3n) is 4.17. The number of ether oxygens (including phenoxy) is 4. The Bertz CT molecular complexity index is 1160. The van der Waals surface area contributed by atoms with E-state index in [1.165, 1.54) is 27.5 Å². The zero-order chi connectivity index (χ0) is 23.8. The second-order valence-electron chi connectivity index (χ2n) is 6.27. The van der Waals surface area contributed by atoms with Gasteiger partial charge in [-0.1, -0.05) is 0 Å². The first-order valence-corrected chi connectivity index (χ1v) is 10.2. The normalized spacial score (nSPS) is 15.5. The molecule has 0 spiro atoms. The lowest BCUT2D eigenvalue weighted by Crippen LogP contribution is -2.19. The van der Waals surface area contributed by atoms with E-state index in [0.29, 0.717) is 22.6 Å². The number of carbonyl (C=O) groups excluding carboxylic acids is 3. The van der Waals surface area contributed by atoms with Gasteiger partial charge >= 0.3 is 11.9 Å². The van der Waals surface area contributed by atoms with Crippen LogP contribution in [0.15, 0.2) is 63.6 Å². The number of hydrogen-bond acceptors (Lipinski definition) is 10. The van der Waals surface area contributed by atoms with Crippen LogP contribution >= 0.6 is 11.8 Å². The van der Waals surface area contributed by atoms with E-state index in [4.69, 9.17) is 14.2 Å². The van der Waals surface area contributed by atoms with Crippen molar-refractivity contribution in [2.75, 3.05) is 21.3 Å². The standard InChI is InChI=1S/C22H19N3O7S/c1-29-15-7-5-14(6-8-15)21(28)32-16-9-4-13(10-17(16)30-2)12-23-25-22-24-20(27)18(33-22)11-19(26)31-3/h4-12H,1-3H3,(H,24,25,27)/b18-11+,23-12?. The molecule has 0 radical (unpaired) electrons. The van der Waals surface area contributed by atoms with E-state index in [1.807, 2.05) is 0 Å². The first-order chi connectivity index (χ1) is 15.9. The maximum atomic E-state index is 12.4. The fraction of sp³-hybridized carbons (Fsp3) is 0.136. The minimum atomic E-state index is -0.641. The number of amides is 1. The van der Waals surface area contributed by atoms with Crippen molar-refractivity contribution in [2.24, 2.45) is 10.2 Å². The Labute approximate surface area is 193 Å². The van der Waals surface area contributed by atoms with Gasteiger partial charge in [-0.3, -0.25) is 10.1 Å². The van der Waals surface area contributed by atoms with Gasteiger partial charge in [-0.15, -0.1) is 5.10 Å². The zero-order valence-electron chi connectivity index (χ0n) is 17.9. The largest absolute Gasteiger partial charge is 0.497 e. The van der Waals surface area contributed by atoms with Gasteiger partial charge in [-0.25, -0.2) is 9.59 Å². The monoisotopic (exact) mass is 469 g/mol. The molecule has 0 aromatic heterocycles. The highest BCUT2D eigenvalue weighted by Crippen LogP contribution is 2.29. The van der Waals surface area contributed by atoms with Gasteiger partial charge in [0.1, 0.15) is 5.75 Å². The Balaban J connectivity index is 1.68. The van der Waals surface area contributed by atoms with Crippen molar-refractivity contribution >= 4 is 41.0 Å². The maximum absolute atomic E-state index is 12.4. The van der Waals surface area contributed by atoms with Crippen molar-refractivity contribution in [3.05, 3.63) is 64.6 Å². The quantitative estimate of drug-likeness (QED) is 0.216. The summed E-state index contributed by atoms with van der Waals surface area (Å²) in [4.78, 5) is 35.6. The number of benzene rings is 2. The summed E-state index contributed by atoms with van der Waals surface area (Å²) >= 11 is 0.961. The first kappa shape index (κ1) is 23.5. The fourth-order valence-corrected chi connectivity index (χ4v) is 3.26. The summed E-state index contributed by atoms with van der Waals surface area (Å²) < 4.78 is 20.3. The number of carbonyl (C=O) groups is 3. The number of hydrogen-bond donors (Lipinski definition) is 1. The van der Waals surface area contributed by atoms with E-state index in [9.17, 15) is 14.4 Å². The lowest BCUT2D eigenvalue weighted by atomic mass is 10.2. The summed E-state index contributed by atoms with van der Waals surface area (Å²) in [5.41, 5.74) is 0.969. The van der Waals surface area contributed by atoms with Crippen LogP contribution in [-0.2, 0) is 14.3 Å². The summed E-state index contributed by atoms with van der Waals surface area (Å²) in [6.07, 6.45) is 2.50. The number of methoxy groups -OCH3 is 3. The molecule has 10 nitrogen and oxygen atoms in total. The van der Waals surface area contributed by atoms with Crippen LogP contribution in [0.1, 0.15) is 15.9 Å². The minimum absolute atomic E-state index is 0.153. The van der Waals surface area contributed by atoms with Crippen LogP contribution in [0.4, 0.5) is 0 Å². The van der Waals surface area contributed by atoms with Gasteiger partial charge < -0.3 is 18.9 Å². The van der Waals surface area contributed by atoms with Gasteiger partial charge in [-0.2, -0.15) is 5.10 Å². The van der Waals surface area contributed by atoms with Crippen LogP contribution in [0, 0.1) is 0 Å². The van der Waals surface area contributed by atoms with Gasteiger partial charge in [0.05, 0.1) is 38.0 Å². The molecule has 1 heterocycles. The van der Waals surface area contributed by atoms with E-state index in [0.717, 1.165) is 17.8 Å². The Morgan fingerprint density at radius 1 is 1.00 bits per heavy atom. The SMILES string of the molecule is COC(=O)/C=C1/S/C(=N\N=Cc2ccc(OC(=O)c3ccc(OC)cc3)c(OC)c2)NC1=O. The van der Waals surface area contributed by atoms with Crippen LogP contribution < -0.4 is 19.5 Å². The molecule has 2 aromatic carbocycles. The average Bonchev–Trinajstić information content (AvgIpc) is 3.18. The lowest BCUT2D eigenvalue weighted by Gasteiger charge is -2.10. The molecule has 1 amide bonds. The van der Waals surface area contributed by atoms with Gasteiger partial charge in [0.2, 0.25) is 0 Å². The summed E-state index contributed by atoms with van der Waals surface area (Å²) in [5, 5.41) is 10.6. The van der Waals surface area contributed by atoms with E-state index in [1.54, 1.807) is 42.5 Å². The van der Waals surface area contributed by atoms with Crippen molar-refractivity contribution in [3.8, 4) is 17.2 Å². The average molecular weight is 469 g/mol. The first-order valence-electron chi connectivity index (χ1n) is 9.37. The van der Waals surface area contributed by atoms with Crippen molar-refractivity contribution in [1.82, 2.24) is 5.32 Å². The molecule has 1 saturated heterocycles. The van der Waals surface area contributed by atoms with Gasteiger partial charge in [0.15, 0.2) is 16.7 Å². The summed E-state index contributed by atoms with van der Waals surface area (Å²) in [6.45, 7) is 0. The smallest absolute Gasteiger partial charge is 0.343 e. The van der Waals surface area contributed by atoms with E-state index < -0.39 is 17.8 Å². The van der Waals surface area contributed by atoms with Crippen molar-refractivity contribution in [1.29, 1.82) is 0 Å². The Morgan fingerprint density at radius 3 is 2.42 bits per heavy atom. The Hall–Kier alpha value is -4.12.